The van der Waals surface area contributed by atoms with Crippen molar-refractivity contribution >= 4 is 33.2 Å². The zero-order valence-electron chi connectivity index (χ0n) is 21.4. The van der Waals surface area contributed by atoms with Gasteiger partial charge < -0.3 is 14.7 Å². The van der Waals surface area contributed by atoms with E-state index in [-0.39, 0.29) is 23.7 Å². The number of carbonyl (C=O) groups is 1. The van der Waals surface area contributed by atoms with E-state index in [1.165, 1.54) is 5.56 Å². The lowest BCUT2D eigenvalue weighted by Crippen LogP contribution is -2.43. The molecule has 3 aliphatic rings. The van der Waals surface area contributed by atoms with Crippen LogP contribution < -0.4 is 14.4 Å². The van der Waals surface area contributed by atoms with Crippen molar-refractivity contribution in [2.75, 3.05) is 23.7 Å². The number of nitrogens with zero attached hydrogens (tertiary/aromatic N) is 1. The standard InChI is InChI=1S/C29H35ClN2O5S/c30-24-11-8-23-19-37-28-13-10-21-17-26(28)32(14-4-3-6-20(23)16-24)18-22-9-12-25(22)27(33)7-2-1-5-15-38(35,36)31-29(21)34/h1-2,8,10-11,13,16-17,22,25,27,33H,3-7,9,12,14-15,18-19H2,(H,31,34)/b2-1+/t22-,25+,27-/m0/s1. The van der Waals surface area contributed by atoms with Crippen molar-refractivity contribution < 1.29 is 23.1 Å². The number of hydrogen-bond acceptors (Lipinski definition) is 6. The predicted molar refractivity (Wildman–Crippen MR) is 149 cm³/mol. The van der Waals surface area contributed by atoms with E-state index in [2.05, 4.69) is 9.62 Å². The third-order valence-corrected chi connectivity index (χ3v) is 9.51. The van der Waals surface area contributed by atoms with Crippen molar-refractivity contribution in [1.29, 1.82) is 0 Å². The van der Waals surface area contributed by atoms with Gasteiger partial charge in [-0.3, -0.25) is 4.79 Å². The Morgan fingerprint density at radius 3 is 2.74 bits per heavy atom. The van der Waals surface area contributed by atoms with Crippen molar-refractivity contribution in [1.82, 2.24) is 4.72 Å². The van der Waals surface area contributed by atoms with Gasteiger partial charge in [0.15, 0.2) is 0 Å². The van der Waals surface area contributed by atoms with E-state index >= 15 is 0 Å². The molecule has 3 atom stereocenters. The highest BCUT2D eigenvalue weighted by molar-refractivity contribution is 7.90. The number of aliphatic hydroxyl groups excluding tert-OH is 1. The Bertz CT molecular complexity index is 1310. The highest BCUT2D eigenvalue weighted by atomic mass is 35.5. The first kappa shape index (κ1) is 27.0. The van der Waals surface area contributed by atoms with E-state index < -0.39 is 22.0 Å². The molecule has 204 valence electrons. The molecule has 2 N–H and O–H groups in total. The Morgan fingerprint density at radius 1 is 1.05 bits per heavy atom. The van der Waals surface area contributed by atoms with E-state index in [1.807, 2.05) is 24.3 Å². The van der Waals surface area contributed by atoms with Crippen molar-refractivity contribution in [3.8, 4) is 5.75 Å². The van der Waals surface area contributed by atoms with E-state index in [0.29, 0.717) is 29.7 Å². The van der Waals surface area contributed by atoms with Gasteiger partial charge in [-0.15, -0.1) is 0 Å². The van der Waals surface area contributed by atoms with Gasteiger partial charge in [-0.25, -0.2) is 13.1 Å². The van der Waals surface area contributed by atoms with Crippen molar-refractivity contribution in [2.24, 2.45) is 11.8 Å². The second-order valence-corrected chi connectivity index (χ2v) is 12.9. The minimum atomic E-state index is -3.80. The van der Waals surface area contributed by atoms with Crippen LogP contribution in [0.25, 0.3) is 0 Å². The van der Waals surface area contributed by atoms with Crippen LogP contribution >= 0.6 is 11.6 Å². The maximum absolute atomic E-state index is 13.0. The molecule has 5 rings (SSSR count). The van der Waals surface area contributed by atoms with Gasteiger partial charge >= 0.3 is 0 Å². The summed E-state index contributed by atoms with van der Waals surface area (Å²) in [5.74, 6) is 0.332. The van der Waals surface area contributed by atoms with E-state index in [9.17, 15) is 18.3 Å². The van der Waals surface area contributed by atoms with Crippen LogP contribution in [0.1, 0.15) is 60.0 Å². The molecule has 1 fully saturated rings. The maximum atomic E-state index is 13.0. The van der Waals surface area contributed by atoms with Gasteiger partial charge in [-0.2, -0.15) is 0 Å². The number of anilines is 1. The minimum Gasteiger partial charge on any atom is -0.487 e. The third-order valence-electron chi connectivity index (χ3n) is 8.01. The monoisotopic (exact) mass is 558 g/mol. The van der Waals surface area contributed by atoms with Crippen LogP contribution in [-0.2, 0) is 23.1 Å². The van der Waals surface area contributed by atoms with Gasteiger partial charge in [0.05, 0.1) is 17.5 Å². The first-order valence-electron chi connectivity index (χ1n) is 13.5. The molecule has 2 aromatic carbocycles. The molecule has 0 unspecified atom stereocenters. The van der Waals surface area contributed by atoms with Crippen LogP contribution in [-0.4, -0.2) is 44.4 Å². The number of aryl methyl sites for hydroxylation is 1. The number of benzene rings is 2. The summed E-state index contributed by atoms with van der Waals surface area (Å²) in [5.41, 5.74) is 3.30. The molecular formula is C29H35ClN2O5S. The average Bonchev–Trinajstić information content (AvgIpc) is 2.88. The normalized spacial score (nSPS) is 26.8. The Morgan fingerprint density at radius 2 is 1.92 bits per heavy atom. The van der Waals surface area contributed by atoms with E-state index in [1.54, 1.807) is 24.3 Å². The first-order valence-corrected chi connectivity index (χ1v) is 15.5. The first-order chi connectivity index (χ1) is 18.3. The lowest BCUT2D eigenvalue weighted by Gasteiger charge is -2.43. The number of fused-ring (bicyclic) bond motifs is 3. The smallest absolute Gasteiger partial charge is 0.264 e. The van der Waals surface area contributed by atoms with Crippen molar-refractivity contribution in [3.05, 3.63) is 70.3 Å². The summed E-state index contributed by atoms with van der Waals surface area (Å²) < 4.78 is 33.6. The molecule has 1 saturated carbocycles. The van der Waals surface area contributed by atoms with Crippen LogP contribution in [0, 0.1) is 11.8 Å². The fourth-order valence-electron chi connectivity index (χ4n) is 5.69. The fourth-order valence-corrected chi connectivity index (χ4v) is 6.84. The predicted octanol–water partition coefficient (Wildman–Crippen LogP) is 4.86. The lowest BCUT2D eigenvalue weighted by molar-refractivity contribution is 0.0180. The molecule has 0 radical (unpaired) electrons. The SMILES string of the molecule is O=C1NS(=O)(=O)CC/C=C/C[C@H](O)[C@@H]2CC[C@H]2CN2CCCCc3cc(Cl)ccc3COc3ccc1cc32. The number of halogens is 1. The highest BCUT2D eigenvalue weighted by Crippen LogP contribution is 2.41. The maximum Gasteiger partial charge on any atom is 0.264 e. The molecule has 0 spiro atoms. The number of allylic oxidation sites excluding steroid dienone is 1. The van der Waals surface area contributed by atoms with Gasteiger partial charge in [-0.1, -0.05) is 29.8 Å². The Hall–Kier alpha value is -2.55. The van der Waals surface area contributed by atoms with Gasteiger partial charge in [0, 0.05) is 23.7 Å². The summed E-state index contributed by atoms with van der Waals surface area (Å²) in [7, 11) is -3.80. The number of rotatable bonds is 0. The number of hydrogen-bond donors (Lipinski definition) is 2. The van der Waals surface area contributed by atoms with Crippen molar-refractivity contribution in [2.45, 2.75) is 57.7 Å². The van der Waals surface area contributed by atoms with Crippen LogP contribution in [0.15, 0.2) is 48.6 Å². The zero-order valence-corrected chi connectivity index (χ0v) is 23.0. The molecule has 0 aromatic heterocycles. The number of carbonyl (C=O) groups excluding carboxylic acids is 1. The van der Waals surface area contributed by atoms with Crippen molar-refractivity contribution in [3.63, 3.8) is 0 Å². The molecule has 2 heterocycles. The number of aliphatic hydroxyl groups is 1. The molecule has 38 heavy (non-hydrogen) atoms. The summed E-state index contributed by atoms with van der Waals surface area (Å²) >= 11 is 6.27. The van der Waals surface area contributed by atoms with Crippen LogP contribution in [0.5, 0.6) is 5.75 Å². The topological polar surface area (TPSA) is 95.9 Å². The summed E-state index contributed by atoms with van der Waals surface area (Å²) in [6, 6.07) is 11.0. The molecule has 1 amide bonds. The number of amides is 1. The fraction of sp³-hybridized carbons (Fsp3) is 0.483. The van der Waals surface area contributed by atoms with E-state index in [0.717, 1.165) is 56.4 Å². The van der Waals surface area contributed by atoms with Crippen LogP contribution in [0.2, 0.25) is 5.02 Å². The van der Waals surface area contributed by atoms with E-state index in [4.69, 9.17) is 16.3 Å². The van der Waals surface area contributed by atoms with Gasteiger partial charge in [0.1, 0.15) is 12.4 Å². The molecule has 0 saturated heterocycles. The summed E-state index contributed by atoms with van der Waals surface area (Å²) in [5, 5.41) is 11.6. The molecule has 7 nitrogen and oxygen atoms in total. The minimum absolute atomic E-state index is 0.191. The van der Waals surface area contributed by atoms with Crippen LogP contribution in [0.4, 0.5) is 5.69 Å². The van der Waals surface area contributed by atoms with Gasteiger partial charge in [-0.05, 0) is 98.2 Å². The molecule has 2 aliphatic heterocycles. The second kappa shape index (κ2) is 11.7. The zero-order chi connectivity index (χ0) is 26.7. The quantitative estimate of drug-likeness (QED) is 0.448. The summed E-state index contributed by atoms with van der Waals surface area (Å²) in [6.07, 6.45) is 8.76. The average molecular weight is 559 g/mol. The number of sulfonamides is 1. The Kier molecular flexibility index (Phi) is 8.31. The molecule has 1 aliphatic carbocycles. The number of nitrogens with one attached hydrogen (secondary N) is 1. The largest absolute Gasteiger partial charge is 0.487 e. The summed E-state index contributed by atoms with van der Waals surface area (Å²) in [6.45, 7) is 1.86. The Labute approximate surface area is 229 Å². The number of ether oxygens (including phenoxy) is 1. The van der Waals surface area contributed by atoms with Gasteiger partial charge in [0.2, 0.25) is 10.0 Å². The Balaban J connectivity index is 1.52. The lowest BCUT2D eigenvalue weighted by atomic mass is 9.69. The third kappa shape index (κ3) is 6.35. The molecule has 2 bridgehead atoms. The molecular weight excluding hydrogens is 524 g/mol. The summed E-state index contributed by atoms with van der Waals surface area (Å²) in [4.78, 5) is 15.3. The molecule has 2 aromatic rings. The highest BCUT2D eigenvalue weighted by Gasteiger charge is 2.37. The molecule has 9 heteroatoms. The van der Waals surface area contributed by atoms with Crippen LogP contribution in [0.3, 0.4) is 0 Å². The van der Waals surface area contributed by atoms with Gasteiger partial charge in [0.25, 0.3) is 5.91 Å². The second-order valence-electron chi connectivity index (χ2n) is 10.6.